The van der Waals surface area contributed by atoms with Gasteiger partial charge in [-0.2, -0.15) is 16.9 Å². The lowest BCUT2D eigenvalue weighted by Crippen LogP contribution is -2.45. The molecule has 0 saturated heterocycles. The molecule has 0 aromatic carbocycles. The number of carbonyl (C=O) groups is 1. The fourth-order valence-corrected chi connectivity index (χ4v) is 3.14. The van der Waals surface area contributed by atoms with E-state index in [9.17, 15) is 4.79 Å². The maximum Gasteiger partial charge on any atom is 0.232 e. The van der Waals surface area contributed by atoms with Crippen LogP contribution in [0.3, 0.4) is 0 Å². The Morgan fingerprint density at radius 3 is 2.90 bits per heavy atom. The molecule has 2 heterocycles. The van der Waals surface area contributed by atoms with Crippen LogP contribution in [0.25, 0.3) is 0 Å². The molecule has 1 atom stereocenters. The molecular formula is C14H24N4OS. The summed E-state index contributed by atoms with van der Waals surface area (Å²) >= 11 is 1.59. The number of fused-ring (bicyclic) bond motifs is 1. The maximum absolute atomic E-state index is 12.2. The Kier molecular flexibility index (Phi) is 5.48. The molecule has 2 rings (SSSR count). The van der Waals surface area contributed by atoms with Crippen LogP contribution in [-0.4, -0.2) is 63.7 Å². The van der Waals surface area contributed by atoms with Gasteiger partial charge in [0.15, 0.2) is 0 Å². The summed E-state index contributed by atoms with van der Waals surface area (Å²) in [5.74, 6) is 0.793. The lowest BCUT2D eigenvalue weighted by molar-refractivity contribution is -0.130. The van der Waals surface area contributed by atoms with E-state index in [1.807, 2.05) is 23.4 Å². The molecule has 0 unspecified atom stereocenters. The Morgan fingerprint density at radius 2 is 2.25 bits per heavy atom. The monoisotopic (exact) mass is 296 g/mol. The predicted molar refractivity (Wildman–Crippen MR) is 82.9 cm³/mol. The fourth-order valence-electron chi connectivity index (χ4n) is 2.71. The highest BCUT2D eigenvalue weighted by atomic mass is 32.2. The molecule has 5 nitrogen and oxygen atoms in total. The summed E-state index contributed by atoms with van der Waals surface area (Å²) in [5, 5.41) is 4.45. The van der Waals surface area contributed by atoms with Gasteiger partial charge in [-0.05, 0) is 25.4 Å². The van der Waals surface area contributed by atoms with E-state index in [4.69, 9.17) is 0 Å². The second-order valence-electron chi connectivity index (χ2n) is 5.11. The average molecular weight is 296 g/mol. The van der Waals surface area contributed by atoms with E-state index in [0.29, 0.717) is 12.3 Å². The zero-order valence-corrected chi connectivity index (χ0v) is 13.4. The van der Waals surface area contributed by atoms with Crippen LogP contribution in [0.4, 0.5) is 0 Å². The fraction of sp³-hybridized carbons (Fsp3) is 0.714. The lowest BCUT2D eigenvalue weighted by atomic mass is 10.1. The largest absolute Gasteiger partial charge is 0.334 e. The summed E-state index contributed by atoms with van der Waals surface area (Å²) in [6.07, 6.45) is 3.81. The van der Waals surface area contributed by atoms with E-state index in [-0.39, 0.29) is 11.9 Å². The zero-order valence-electron chi connectivity index (χ0n) is 12.6. The molecular weight excluding hydrogens is 272 g/mol. The van der Waals surface area contributed by atoms with Crippen LogP contribution in [0, 0.1) is 0 Å². The molecule has 0 radical (unpaired) electrons. The van der Waals surface area contributed by atoms with E-state index < -0.39 is 0 Å². The highest BCUT2D eigenvalue weighted by Crippen LogP contribution is 2.21. The Morgan fingerprint density at radius 1 is 1.50 bits per heavy atom. The normalized spacial score (nSPS) is 18.4. The third kappa shape index (κ3) is 3.35. The molecule has 0 aliphatic carbocycles. The van der Waals surface area contributed by atoms with Crippen LogP contribution >= 0.6 is 11.8 Å². The van der Waals surface area contributed by atoms with Crippen LogP contribution in [0.5, 0.6) is 0 Å². The number of rotatable bonds is 6. The van der Waals surface area contributed by atoms with Crippen LogP contribution < -0.4 is 0 Å². The summed E-state index contributed by atoms with van der Waals surface area (Å²) < 4.78 is 2.10. The van der Waals surface area contributed by atoms with Crippen molar-refractivity contribution in [2.24, 2.45) is 0 Å². The minimum Gasteiger partial charge on any atom is -0.334 e. The van der Waals surface area contributed by atoms with Gasteiger partial charge in [-0.1, -0.05) is 13.8 Å². The number of carbonyl (C=O) groups excluding carboxylic acids is 1. The van der Waals surface area contributed by atoms with Gasteiger partial charge in [0.25, 0.3) is 0 Å². The van der Waals surface area contributed by atoms with Crippen molar-refractivity contribution >= 4 is 17.7 Å². The first kappa shape index (κ1) is 15.4. The highest BCUT2D eigenvalue weighted by molar-refractivity contribution is 7.99. The Bertz CT molecular complexity index is 444. The van der Waals surface area contributed by atoms with Crippen molar-refractivity contribution < 1.29 is 4.79 Å². The molecule has 0 saturated carbocycles. The second-order valence-corrected chi connectivity index (χ2v) is 5.98. The van der Waals surface area contributed by atoms with Gasteiger partial charge in [-0.15, -0.1) is 0 Å². The third-order valence-corrected chi connectivity index (χ3v) is 4.40. The summed E-state index contributed by atoms with van der Waals surface area (Å²) in [7, 11) is 0. The molecule has 0 fully saturated rings. The summed E-state index contributed by atoms with van der Waals surface area (Å²) in [6, 6.07) is 2.28. The molecule has 1 amide bonds. The molecule has 112 valence electrons. The van der Waals surface area contributed by atoms with Gasteiger partial charge in [0.2, 0.25) is 5.91 Å². The number of likely N-dealkylation sites (N-methyl/N-ethyl adjacent to an activating group) is 1. The minimum atomic E-state index is 0.231. The molecule has 0 bridgehead atoms. The first-order valence-electron chi connectivity index (χ1n) is 7.21. The van der Waals surface area contributed by atoms with Gasteiger partial charge in [-0.25, -0.2) is 0 Å². The lowest BCUT2D eigenvalue weighted by Gasteiger charge is -2.36. The molecule has 6 heteroatoms. The van der Waals surface area contributed by atoms with Crippen molar-refractivity contribution in [3.63, 3.8) is 0 Å². The number of amides is 1. The van der Waals surface area contributed by atoms with E-state index in [1.54, 1.807) is 11.8 Å². The van der Waals surface area contributed by atoms with Crippen molar-refractivity contribution in [1.82, 2.24) is 19.6 Å². The molecule has 1 aromatic rings. The number of hydrogen-bond acceptors (Lipinski definition) is 4. The zero-order chi connectivity index (χ0) is 14.5. The van der Waals surface area contributed by atoms with E-state index in [0.717, 1.165) is 31.9 Å². The summed E-state index contributed by atoms with van der Waals surface area (Å²) in [4.78, 5) is 16.5. The van der Waals surface area contributed by atoms with Crippen LogP contribution in [0.15, 0.2) is 12.3 Å². The minimum absolute atomic E-state index is 0.231. The number of nitrogens with zero attached hydrogens (tertiary/aromatic N) is 4. The SMILES string of the molecule is CCN(CC)C[C@H]1CN(C(=O)CSC)Cc2ccnn21. The molecule has 20 heavy (non-hydrogen) atoms. The van der Waals surface area contributed by atoms with Crippen molar-refractivity contribution in [2.75, 3.05) is 38.2 Å². The van der Waals surface area contributed by atoms with Gasteiger partial charge >= 0.3 is 0 Å². The Labute approximate surface area is 125 Å². The van der Waals surface area contributed by atoms with Crippen LogP contribution in [0.1, 0.15) is 25.6 Å². The molecule has 1 aromatic heterocycles. The Hall–Kier alpha value is -1.01. The molecule has 0 spiro atoms. The van der Waals surface area contributed by atoms with Gasteiger partial charge in [0.1, 0.15) is 0 Å². The third-order valence-electron chi connectivity index (χ3n) is 3.87. The van der Waals surface area contributed by atoms with Gasteiger partial charge in [0, 0.05) is 19.3 Å². The quantitative estimate of drug-likeness (QED) is 0.797. The number of thioether (sulfide) groups is 1. The van der Waals surface area contributed by atoms with Crippen molar-refractivity contribution in [1.29, 1.82) is 0 Å². The van der Waals surface area contributed by atoms with Gasteiger partial charge < -0.3 is 9.80 Å². The average Bonchev–Trinajstić information content (AvgIpc) is 2.93. The molecule has 1 aliphatic heterocycles. The van der Waals surface area contributed by atoms with Crippen molar-refractivity contribution in [2.45, 2.75) is 26.4 Å². The van der Waals surface area contributed by atoms with Crippen molar-refractivity contribution in [3.8, 4) is 0 Å². The summed E-state index contributed by atoms with van der Waals surface area (Å²) in [6.45, 7) is 8.81. The van der Waals surface area contributed by atoms with E-state index >= 15 is 0 Å². The van der Waals surface area contributed by atoms with Crippen LogP contribution in [0.2, 0.25) is 0 Å². The van der Waals surface area contributed by atoms with Gasteiger partial charge in [-0.3, -0.25) is 9.48 Å². The second kappa shape index (κ2) is 7.13. The number of hydrogen-bond donors (Lipinski definition) is 0. The molecule has 0 N–H and O–H groups in total. The predicted octanol–water partition coefficient (Wildman–Crippen LogP) is 1.47. The van der Waals surface area contributed by atoms with E-state index in [2.05, 4.69) is 28.5 Å². The topological polar surface area (TPSA) is 41.4 Å². The first-order chi connectivity index (χ1) is 9.69. The standard InChI is InChI=1S/C14H24N4OS/c1-4-16(5-2)8-13-10-17(14(19)11-20-3)9-12-6-7-15-18(12)13/h6-7,13H,4-5,8-11H2,1-3H3/t13-/m0/s1. The summed E-state index contributed by atoms with van der Waals surface area (Å²) in [5.41, 5.74) is 1.14. The van der Waals surface area contributed by atoms with Crippen molar-refractivity contribution in [3.05, 3.63) is 18.0 Å². The van der Waals surface area contributed by atoms with E-state index in [1.165, 1.54) is 0 Å². The Balaban J connectivity index is 2.12. The van der Waals surface area contributed by atoms with Gasteiger partial charge in [0.05, 0.1) is 24.0 Å². The number of aromatic nitrogens is 2. The molecule has 1 aliphatic rings. The maximum atomic E-state index is 12.2. The highest BCUT2D eigenvalue weighted by Gasteiger charge is 2.28. The first-order valence-corrected chi connectivity index (χ1v) is 8.60. The van der Waals surface area contributed by atoms with Crippen LogP contribution in [-0.2, 0) is 11.3 Å². The smallest absolute Gasteiger partial charge is 0.232 e.